The van der Waals surface area contributed by atoms with E-state index < -0.39 is 5.97 Å². The fourth-order valence-corrected chi connectivity index (χ4v) is 4.03. The van der Waals surface area contributed by atoms with Crippen molar-refractivity contribution in [1.82, 2.24) is 9.38 Å². The second-order valence-corrected chi connectivity index (χ2v) is 6.87. The Labute approximate surface area is 149 Å². The Morgan fingerprint density at radius 1 is 1.12 bits per heavy atom. The Morgan fingerprint density at radius 3 is 2.56 bits per heavy atom. The summed E-state index contributed by atoms with van der Waals surface area (Å²) >= 11 is 1.46. The highest BCUT2D eigenvalue weighted by molar-refractivity contribution is 7.15. The van der Waals surface area contributed by atoms with Crippen LogP contribution >= 0.6 is 11.3 Å². The number of hydrogen-bond acceptors (Lipinski definition) is 3. The molecule has 0 spiro atoms. The van der Waals surface area contributed by atoms with Gasteiger partial charge in [0.15, 0.2) is 10.7 Å². The molecular weight excluding hydrogens is 332 g/mol. The molecule has 124 valence electrons. The molecule has 1 N–H and O–H groups in total. The summed E-state index contributed by atoms with van der Waals surface area (Å²) in [7, 11) is 0. The summed E-state index contributed by atoms with van der Waals surface area (Å²) in [4.78, 5) is 17.3. The van der Waals surface area contributed by atoms with Gasteiger partial charge in [-0.2, -0.15) is 0 Å². The van der Waals surface area contributed by atoms with Gasteiger partial charge in [-0.1, -0.05) is 54.1 Å². The molecular formula is C20H16N2O2S. The van der Waals surface area contributed by atoms with E-state index in [-0.39, 0.29) is 5.69 Å². The number of fused-ring (bicyclic) bond motifs is 1. The Kier molecular flexibility index (Phi) is 3.66. The third kappa shape index (κ3) is 2.53. The maximum atomic E-state index is 12.0. The molecule has 0 radical (unpaired) electrons. The van der Waals surface area contributed by atoms with Crippen LogP contribution in [0.1, 0.15) is 21.6 Å². The van der Waals surface area contributed by atoms with Crippen LogP contribution in [0, 0.1) is 13.8 Å². The van der Waals surface area contributed by atoms with Crippen molar-refractivity contribution in [3.05, 3.63) is 70.7 Å². The van der Waals surface area contributed by atoms with Crippen LogP contribution in [0.3, 0.4) is 0 Å². The van der Waals surface area contributed by atoms with Crippen molar-refractivity contribution in [2.24, 2.45) is 0 Å². The molecule has 0 atom stereocenters. The molecule has 0 aliphatic rings. The SMILES string of the molecule is Cc1ccc(-c2csc3nc(-c4ccccc4)c(C(=O)O)n23)c(C)c1. The zero-order valence-electron chi connectivity index (χ0n) is 13.9. The molecule has 0 saturated heterocycles. The molecule has 0 aliphatic heterocycles. The lowest BCUT2D eigenvalue weighted by Gasteiger charge is -2.07. The molecule has 2 heterocycles. The summed E-state index contributed by atoms with van der Waals surface area (Å²) < 4.78 is 1.76. The maximum Gasteiger partial charge on any atom is 0.355 e. The molecule has 4 rings (SSSR count). The zero-order chi connectivity index (χ0) is 17.6. The van der Waals surface area contributed by atoms with E-state index in [1.807, 2.05) is 61.7 Å². The largest absolute Gasteiger partial charge is 0.476 e. The number of aromatic nitrogens is 2. The number of nitrogens with zero attached hydrogens (tertiary/aromatic N) is 2. The Hall–Kier alpha value is -2.92. The minimum atomic E-state index is -0.976. The molecule has 0 saturated carbocycles. The lowest BCUT2D eigenvalue weighted by atomic mass is 10.0. The van der Waals surface area contributed by atoms with E-state index in [9.17, 15) is 9.90 Å². The number of aromatic carboxylic acids is 1. The van der Waals surface area contributed by atoms with Crippen molar-refractivity contribution in [2.45, 2.75) is 13.8 Å². The first-order valence-corrected chi connectivity index (χ1v) is 8.80. The summed E-state index contributed by atoms with van der Waals surface area (Å²) in [6.07, 6.45) is 0. The molecule has 2 aromatic heterocycles. The van der Waals surface area contributed by atoms with Gasteiger partial charge in [-0.05, 0) is 19.4 Å². The maximum absolute atomic E-state index is 12.0. The van der Waals surface area contributed by atoms with E-state index in [0.29, 0.717) is 10.7 Å². The molecule has 4 nitrogen and oxygen atoms in total. The molecule has 4 aromatic rings. The first kappa shape index (κ1) is 15.6. The topological polar surface area (TPSA) is 54.6 Å². The molecule has 0 aliphatic carbocycles. The summed E-state index contributed by atoms with van der Waals surface area (Å²) in [5.74, 6) is -0.976. The van der Waals surface area contributed by atoms with E-state index in [0.717, 1.165) is 22.4 Å². The van der Waals surface area contributed by atoms with Crippen molar-refractivity contribution in [3.63, 3.8) is 0 Å². The fourth-order valence-electron chi connectivity index (χ4n) is 3.14. The van der Waals surface area contributed by atoms with Crippen molar-refractivity contribution in [3.8, 4) is 22.5 Å². The van der Waals surface area contributed by atoms with Crippen molar-refractivity contribution in [1.29, 1.82) is 0 Å². The number of carboxylic acids is 1. The van der Waals surface area contributed by atoms with Gasteiger partial charge in [0, 0.05) is 16.5 Å². The average molecular weight is 348 g/mol. The highest BCUT2D eigenvalue weighted by atomic mass is 32.1. The Bertz CT molecular complexity index is 1090. The smallest absolute Gasteiger partial charge is 0.355 e. The van der Waals surface area contributed by atoms with Crippen LogP contribution < -0.4 is 0 Å². The normalized spacial score (nSPS) is 11.1. The number of carbonyl (C=O) groups is 1. The Balaban J connectivity index is 2.03. The summed E-state index contributed by atoms with van der Waals surface area (Å²) in [5, 5.41) is 11.8. The molecule has 25 heavy (non-hydrogen) atoms. The van der Waals surface area contributed by atoms with Crippen LogP contribution in [0.15, 0.2) is 53.9 Å². The van der Waals surface area contributed by atoms with Crippen molar-refractivity contribution >= 4 is 22.3 Å². The van der Waals surface area contributed by atoms with Crippen molar-refractivity contribution < 1.29 is 9.90 Å². The van der Waals surface area contributed by atoms with Gasteiger partial charge in [0.1, 0.15) is 5.69 Å². The summed E-state index contributed by atoms with van der Waals surface area (Å²) in [6, 6.07) is 15.6. The van der Waals surface area contributed by atoms with Crippen molar-refractivity contribution in [2.75, 3.05) is 0 Å². The van der Waals surface area contributed by atoms with Gasteiger partial charge in [-0.25, -0.2) is 9.78 Å². The molecule has 0 bridgehead atoms. The minimum Gasteiger partial charge on any atom is -0.476 e. The van der Waals surface area contributed by atoms with Gasteiger partial charge in [-0.15, -0.1) is 11.3 Å². The van der Waals surface area contributed by atoms with E-state index >= 15 is 0 Å². The van der Waals surface area contributed by atoms with E-state index in [1.54, 1.807) is 4.40 Å². The van der Waals surface area contributed by atoms with Gasteiger partial charge in [0.05, 0.1) is 5.69 Å². The summed E-state index contributed by atoms with van der Waals surface area (Å²) in [5.41, 5.74) is 5.71. The Morgan fingerprint density at radius 2 is 1.88 bits per heavy atom. The lowest BCUT2D eigenvalue weighted by Crippen LogP contribution is -2.04. The van der Waals surface area contributed by atoms with Crippen LogP contribution in [0.25, 0.3) is 27.5 Å². The number of rotatable bonds is 3. The number of imidazole rings is 1. The molecule has 5 heteroatoms. The van der Waals surface area contributed by atoms with Crippen LogP contribution in [-0.4, -0.2) is 20.5 Å². The predicted molar refractivity (Wildman–Crippen MR) is 100 cm³/mol. The number of benzene rings is 2. The fraction of sp³-hybridized carbons (Fsp3) is 0.100. The third-order valence-corrected chi connectivity index (χ3v) is 5.10. The van der Waals surface area contributed by atoms with Gasteiger partial charge < -0.3 is 5.11 Å². The number of hydrogen-bond donors (Lipinski definition) is 1. The summed E-state index contributed by atoms with van der Waals surface area (Å²) in [6.45, 7) is 4.09. The minimum absolute atomic E-state index is 0.206. The van der Waals surface area contributed by atoms with Crippen LogP contribution in [-0.2, 0) is 0 Å². The second kappa shape index (κ2) is 5.86. The monoisotopic (exact) mass is 348 g/mol. The molecule has 0 unspecified atom stereocenters. The molecule has 0 amide bonds. The standard InChI is InChI=1S/C20H16N2O2S/c1-12-8-9-15(13(2)10-12)16-11-25-20-21-17(14-6-4-3-5-7-14)18(19(23)24)22(16)20/h3-11H,1-2H3,(H,23,24). The number of carboxylic acid groups (broad SMARTS) is 1. The molecule has 0 fully saturated rings. The van der Waals surface area contributed by atoms with Crippen LogP contribution in [0.5, 0.6) is 0 Å². The van der Waals surface area contributed by atoms with Gasteiger partial charge >= 0.3 is 5.97 Å². The van der Waals surface area contributed by atoms with E-state index in [1.165, 1.54) is 16.9 Å². The van der Waals surface area contributed by atoms with Crippen LogP contribution in [0.4, 0.5) is 0 Å². The zero-order valence-corrected chi connectivity index (χ0v) is 14.7. The third-order valence-electron chi connectivity index (χ3n) is 4.27. The van der Waals surface area contributed by atoms with Gasteiger partial charge in [0.2, 0.25) is 0 Å². The second-order valence-electron chi connectivity index (χ2n) is 6.04. The van der Waals surface area contributed by atoms with E-state index in [2.05, 4.69) is 11.1 Å². The van der Waals surface area contributed by atoms with Crippen LogP contribution in [0.2, 0.25) is 0 Å². The average Bonchev–Trinajstić information content (AvgIpc) is 3.15. The van der Waals surface area contributed by atoms with Gasteiger partial charge in [0.25, 0.3) is 0 Å². The first-order valence-electron chi connectivity index (χ1n) is 7.92. The van der Waals surface area contributed by atoms with Gasteiger partial charge in [-0.3, -0.25) is 4.40 Å². The quantitative estimate of drug-likeness (QED) is 0.564. The first-order chi connectivity index (χ1) is 12.1. The number of aryl methyl sites for hydroxylation is 2. The number of thiazole rings is 1. The van der Waals surface area contributed by atoms with E-state index in [4.69, 9.17) is 0 Å². The highest BCUT2D eigenvalue weighted by Gasteiger charge is 2.24. The highest BCUT2D eigenvalue weighted by Crippen LogP contribution is 2.34. The predicted octanol–water partition coefficient (Wildman–Crippen LogP) is 5.04. The molecule has 2 aromatic carbocycles. The lowest BCUT2D eigenvalue weighted by molar-refractivity contribution is 0.0690.